The van der Waals surface area contributed by atoms with Crippen molar-refractivity contribution in [3.8, 4) is 5.75 Å². The SMILES string of the molecule is CCONC(=O)CC(c1cccc(OCc2ccccc2)c1)c1c[nH]c2ccccc12. The Bertz CT molecular complexity index is 1140. The maximum atomic E-state index is 12.5. The lowest BCUT2D eigenvalue weighted by Gasteiger charge is -2.18. The molecule has 158 valence electrons. The minimum absolute atomic E-state index is 0.142. The molecule has 0 aliphatic heterocycles. The fraction of sp³-hybridized carbons (Fsp3) is 0.192. The van der Waals surface area contributed by atoms with Gasteiger partial charge in [0.1, 0.15) is 12.4 Å². The molecule has 0 bridgehead atoms. The number of nitrogens with one attached hydrogen (secondary N) is 2. The summed E-state index contributed by atoms with van der Waals surface area (Å²) in [6.07, 6.45) is 2.25. The highest BCUT2D eigenvalue weighted by Gasteiger charge is 2.22. The summed E-state index contributed by atoms with van der Waals surface area (Å²) in [5, 5.41) is 1.10. The molecule has 0 saturated carbocycles. The summed E-state index contributed by atoms with van der Waals surface area (Å²) in [6.45, 7) is 2.75. The van der Waals surface area contributed by atoms with Crippen LogP contribution in [0.3, 0.4) is 0 Å². The molecule has 31 heavy (non-hydrogen) atoms. The van der Waals surface area contributed by atoms with Crippen LogP contribution in [0.2, 0.25) is 0 Å². The molecule has 0 aliphatic carbocycles. The van der Waals surface area contributed by atoms with E-state index in [-0.39, 0.29) is 18.2 Å². The fourth-order valence-electron chi connectivity index (χ4n) is 3.73. The number of amides is 1. The van der Waals surface area contributed by atoms with Gasteiger partial charge in [-0.2, -0.15) is 0 Å². The number of hydroxylamine groups is 1. The fourth-order valence-corrected chi connectivity index (χ4v) is 3.73. The van der Waals surface area contributed by atoms with Gasteiger partial charge in [0, 0.05) is 29.4 Å². The van der Waals surface area contributed by atoms with Crippen LogP contribution in [0.5, 0.6) is 5.75 Å². The average molecular weight is 415 g/mol. The largest absolute Gasteiger partial charge is 0.489 e. The van der Waals surface area contributed by atoms with Gasteiger partial charge in [0.2, 0.25) is 5.91 Å². The Balaban J connectivity index is 1.62. The molecule has 5 heteroatoms. The van der Waals surface area contributed by atoms with Crippen LogP contribution in [0.15, 0.2) is 85.1 Å². The number of rotatable bonds is 9. The molecule has 5 nitrogen and oxygen atoms in total. The Morgan fingerprint density at radius 2 is 1.81 bits per heavy atom. The van der Waals surface area contributed by atoms with Crippen molar-refractivity contribution in [3.05, 3.63) is 102 Å². The smallest absolute Gasteiger partial charge is 0.244 e. The van der Waals surface area contributed by atoms with Crippen LogP contribution in [0.25, 0.3) is 10.9 Å². The van der Waals surface area contributed by atoms with E-state index in [1.54, 1.807) is 0 Å². The van der Waals surface area contributed by atoms with E-state index < -0.39 is 0 Å². The zero-order chi connectivity index (χ0) is 21.5. The van der Waals surface area contributed by atoms with Crippen LogP contribution in [-0.2, 0) is 16.2 Å². The molecule has 0 fully saturated rings. The summed E-state index contributed by atoms with van der Waals surface area (Å²) in [6, 6.07) is 26.2. The minimum atomic E-state index is -0.160. The first-order chi connectivity index (χ1) is 15.2. The monoisotopic (exact) mass is 414 g/mol. The van der Waals surface area contributed by atoms with Gasteiger partial charge in [0.15, 0.2) is 0 Å². The second kappa shape index (κ2) is 9.96. The maximum absolute atomic E-state index is 12.5. The topological polar surface area (TPSA) is 63.4 Å². The van der Waals surface area contributed by atoms with Crippen LogP contribution >= 0.6 is 0 Å². The highest BCUT2D eigenvalue weighted by atomic mass is 16.6. The van der Waals surface area contributed by atoms with Gasteiger partial charge in [-0.3, -0.25) is 9.63 Å². The molecule has 1 heterocycles. The molecule has 2 N–H and O–H groups in total. The number of ether oxygens (including phenoxy) is 1. The first kappa shape index (κ1) is 20.7. The minimum Gasteiger partial charge on any atom is -0.489 e. The molecule has 0 spiro atoms. The van der Waals surface area contributed by atoms with Crippen LogP contribution in [-0.4, -0.2) is 17.5 Å². The van der Waals surface area contributed by atoms with Crippen LogP contribution in [0.4, 0.5) is 0 Å². The van der Waals surface area contributed by atoms with E-state index in [2.05, 4.69) is 16.5 Å². The number of para-hydroxylation sites is 1. The normalized spacial score (nSPS) is 11.9. The molecule has 0 radical (unpaired) electrons. The standard InChI is InChI=1S/C26H26N2O3/c1-2-31-28-26(29)16-23(24-17-27-25-14-7-6-13-22(24)25)20-11-8-12-21(15-20)30-18-19-9-4-3-5-10-19/h3-15,17,23,27H,2,16,18H2,1H3,(H,28,29). The van der Waals surface area contributed by atoms with Crippen molar-refractivity contribution in [1.29, 1.82) is 0 Å². The van der Waals surface area contributed by atoms with Gasteiger partial charge in [-0.25, -0.2) is 5.48 Å². The Labute approximate surface area is 182 Å². The summed E-state index contributed by atoms with van der Waals surface area (Å²) >= 11 is 0. The van der Waals surface area contributed by atoms with E-state index in [4.69, 9.17) is 9.57 Å². The number of aromatic nitrogens is 1. The number of hydrogen-bond acceptors (Lipinski definition) is 3. The van der Waals surface area contributed by atoms with E-state index in [0.717, 1.165) is 33.3 Å². The van der Waals surface area contributed by atoms with Gasteiger partial charge in [0.05, 0.1) is 6.61 Å². The highest BCUT2D eigenvalue weighted by Crippen LogP contribution is 2.34. The van der Waals surface area contributed by atoms with E-state index in [0.29, 0.717) is 13.2 Å². The molecule has 0 aliphatic rings. The molecule has 1 atom stereocenters. The van der Waals surface area contributed by atoms with Crippen LogP contribution < -0.4 is 10.2 Å². The Hall–Kier alpha value is -3.57. The predicted molar refractivity (Wildman–Crippen MR) is 122 cm³/mol. The van der Waals surface area contributed by atoms with Crippen molar-refractivity contribution in [2.24, 2.45) is 0 Å². The van der Waals surface area contributed by atoms with E-state index in [9.17, 15) is 4.79 Å². The zero-order valence-corrected chi connectivity index (χ0v) is 17.5. The number of hydrogen-bond donors (Lipinski definition) is 2. The third-order valence-corrected chi connectivity index (χ3v) is 5.23. The van der Waals surface area contributed by atoms with Crippen molar-refractivity contribution in [3.63, 3.8) is 0 Å². The van der Waals surface area contributed by atoms with Crippen LogP contribution in [0.1, 0.15) is 36.0 Å². The number of benzene rings is 3. The number of aromatic amines is 1. The van der Waals surface area contributed by atoms with Gasteiger partial charge >= 0.3 is 0 Å². The first-order valence-corrected chi connectivity index (χ1v) is 10.5. The molecule has 4 aromatic rings. The van der Waals surface area contributed by atoms with Crippen molar-refractivity contribution in [1.82, 2.24) is 10.5 Å². The predicted octanol–water partition coefficient (Wildman–Crippen LogP) is 5.34. The second-order valence-electron chi connectivity index (χ2n) is 7.35. The van der Waals surface area contributed by atoms with E-state index in [1.165, 1.54) is 0 Å². The van der Waals surface area contributed by atoms with Gasteiger partial charge in [-0.15, -0.1) is 0 Å². The third-order valence-electron chi connectivity index (χ3n) is 5.23. The second-order valence-corrected chi connectivity index (χ2v) is 7.35. The lowest BCUT2D eigenvalue weighted by atomic mass is 9.88. The molecular formula is C26H26N2O3. The Morgan fingerprint density at radius 1 is 1.00 bits per heavy atom. The molecule has 1 amide bonds. The van der Waals surface area contributed by atoms with Crippen LogP contribution in [0, 0.1) is 0 Å². The van der Waals surface area contributed by atoms with Gasteiger partial charge in [0.25, 0.3) is 0 Å². The van der Waals surface area contributed by atoms with Crippen molar-refractivity contribution in [2.45, 2.75) is 25.9 Å². The third kappa shape index (κ3) is 5.13. The van der Waals surface area contributed by atoms with Crippen molar-refractivity contribution in [2.75, 3.05) is 6.61 Å². The molecular weight excluding hydrogens is 388 g/mol. The van der Waals surface area contributed by atoms with Gasteiger partial charge < -0.3 is 9.72 Å². The molecule has 0 saturated heterocycles. The quantitative estimate of drug-likeness (QED) is 0.364. The summed E-state index contributed by atoms with van der Waals surface area (Å²) in [5.41, 5.74) is 6.76. The summed E-state index contributed by atoms with van der Waals surface area (Å²) < 4.78 is 6.02. The molecule has 3 aromatic carbocycles. The van der Waals surface area contributed by atoms with E-state index >= 15 is 0 Å². The number of carbonyl (C=O) groups excluding carboxylic acids is 1. The van der Waals surface area contributed by atoms with E-state index in [1.807, 2.05) is 85.9 Å². The van der Waals surface area contributed by atoms with Gasteiger partial charge in [-0.05, 0) is 41.8 Å². The Morgan fingerprint density at radius 3 is 2.65 bits per heavy atom. The summed E-state index contributed by atoms with van der Waals surface area (Å²) in [5.74, 6) is 0.473. The summed E-state index contributed by atoms with van der Waals surface area (Å²) in [4.78, 5) is 21.0. The maximum Gasteiger partial charge on any atom is 0.244 e. The molecule has 4 rings (SSSR count). The Kier molecular flexibility index (Phi) is 6.65. The first-order valence-electron chi connectivity index (χ1n) is 10.5. The zero-order valence-electron chi connectivity index (χ0n) is 17.5. The average Bonchev–Trinajstić information content (AvgIpc) is 3.25. The lowest BCUT2D eigenvalue weighted by Crippen LogP contribution is -2.25. The van der Waals surface area contributed by atoms with Crippen molar-refractivity contribution >= 4 is 16.8 Å². The van der Waals surface area contributed by atoms with Gasteiger partial charge in [-0.1, -0.05) is 60.7 Å². The summed E-state index contributed by atoms with van der Waals surface area (Å²) in [7, 11) is 0. The molecule has 1 unspecified atom stereocenters. The number of fused-ring (bicyclic) bond motifs is 1. The molecule has 1 aromatic heterocycles. The lowest BCUT2D eigenvalue weighted by molar-refractivity contribution is -0.133. The number of carbonyl (C=O) groups is 1. The number of H-pyrrole nitrogens is 1. The highest BCUT2D eigenvalue weighted by molar-refractivity contribution is 5.85. The van der Waals surface area contributed by atoms with Crippen molar-refractivity contribution < 1.29 is 14.4 Å².